The number of hydrogen-bond acceptors (Lipinski definition) is 4. The summed E-state index contributed by atoms with van der Waals surface area (Å²) in [5, 5.41) is 8.99. The molecule has 1 aromatic carbocycles. The lowest BCUT2D eigenvalue weighted by atomic mass is 9.49. The molecule has 0 N–H and O–H groups in total. The first-order chi connectivity index (χ1) is 14.4. The molecule has 4 aliphatic rings. The standard InChI is InChI=1S/C25H32N2O3/c1-17-6-18(2)8-22(7-17)27(5-3-4-26)23(28)16-30-24(29)15-25-12-19-9-20(13-25)11-21(10-19)14-25/h6-8,19-21H,3,5,9-16H2,1-2H3. The molecule has 0 saturated heterocycles. The monoisotopic (exact) mass is 408 g/mol. The first-order valence-corrected chi connectivity index (χ1v) is 11.3. The van der Waals surface area contributed by atoms with Crippen molar-refractivity contribution >= 4 is 17.6 Å². The summed E-state index contributed by atoms with van der Waals surface area (Å²) in [7, 11) is 0. The summed E-state index contributed by atoms with van der Waals surface area (Å²) < 4.78 is 5.47. The molecule has 0 radical (unpaired) electrons. The van der Waals surface area contributed by atoms with Crippen molar-refractivity contribution in [3.8, 4) is 6.07 Å². The van der Waals surface area contributed by atoms with Gasteiger partial charge >= 0.3 is 5.97 Å². The molecule has 160 valence electrons. The number of carbonyl (C=O) groups excluding carboxylic acids is 2. The van der Waals surface area contributed by atoms with E-state index < -0.39 is 0 Å². The Labute approximate surface area is 179 Å². The van der Waals surface area contributed by atoms with E-state index in [1.165, 1.54) is 19.3 Å². The van der Waals surface area contributed by atoms with Gasteiger partial charge in [-0.2, -0.15) is 5.26 Å². The van der Waals surface area contributed by atoms with Crippen LogP contribution in [0.2, 0.25) is 0 Å². The zero-order chi connectivity index (χ0) is 21.3. The van der Waals surface area contributed by atoms with Gasteiger partial charge in [-0.1, -0.05) is 6.07 Å². The molecule has 30 heavy (non-hydrogen) atoms. The number of aryl methyl sites for hydroxylation is 2. The van der Waals surface area contributed by atoms with Gasteiger partial charge in [0.05, 0.1) is 18.9 Å². The van der Waals surface area contributed by atoms with Crippen molar-refractivity contribution in [2.45, 2.75) is 65.2 Å². The van der Waals surface area contributed by atoms with Crippen LogP contribution in [-0.4, -0.2) is 25.0 Å². The maximum absolute atomic E-state index is 12.9. The van der Waals surface area contributed by atoms with Crippen molar-refractivity contribution in [2.24, 2.45) is 23.2 Å². The molecule has 4 aliphatic carbocycles. The van der Waals surface area contributed by atoms with Crippen molar-refractivity contribution in [1.82, 2.24) is 0 Å². The van der Waals surface area contributed by atoms with Crippen molar-refractivity contribution in [1.29, 1.82) is 5.26 Å². The minimum absolute atomic E-state index is 0.114. The predicted octanol–water partition coefficient (Wildman–Crippen LogP) is 4.70. The third-order valence-electron chi connectivity index (χ3n) is 7.31. The van der Waals surface area contributed by atoms with Crippen molar-refractivity contribution in [2.75, 3.05) is 18.1 Å². The van der Waals surface area contributed by atoms with Crippen LogP contribution in [0.15, 0.2) is 18.2 Å². The molecule has 0 aromatic heterocycles. The van der Waals surface area contributed by atoms with Gasteiger partial charge in [-0.3, -0.25) is 9.59 Å². The Morgan fingerprint density at radius 1 is 1.07 bits per heavy atom. The number of carbonyl (C=O) groups is 2. The number of benzene rings is 1. The van der Waals surface area contributed by atoms with E-state index in [1.54, 1.807) is 4.90 Å². The van der Waals surface area contributed by atoms with Crippen molar-refractivity contribution in [3.05, 3.63) is 29.3 Å². The first-order valence-electron chi connectivity index (χ1n) is 11.3. The fourth-order valence-corrected chi connectivity index (χ4v) is 6.75. The topological polar surface area (TPSA) is 70.4 Å². The quantitative estimate of drug-likeness (QED) is 0.613. The highest BCUT2D eigenvalue weighted by atomic mass is 16.5. The number of anilines is 1. The SMILES string of the molecule is Cc1cc(C)cc(N(CCC#N)C(=O)COC(=O)CC23CC4CC(CC(C4)C2)C3)c1. The maximum atomic E-state index is 12.9. The zero-order valence-electron chi connectivity index (χ0n) is 18.2. The highest BCUT2D eigenvalue weighted by Crippen LogP contribution is 2.61. The van der Waals surface area contributed by atoms with Crippen LogP contribution in [-0.2, 0) is 14.3 Å². The molecule has 0 atom stereocenters. The van der Waals surface area contributed by atoms with E-state index in [0.717, 1.165) is 53.8 Å². The van der Waals surface area contributed by atoms with Crippen LogP contribution in [0.1, 0.15) is 62.5 Å². The molecular weight excluding hydrogens is 376 g/mol. The van der Waals surface area contributed by atoms with E-state index in [0.29, 0.717) is 13.0 Å². The first kappa shape index (κ1) is 20.9. The third kappa shape index (κ3) is 4.53. The predicted molar refractivity (Wildman–Crippen MR) is 115 cm³/mol. The van der Waals surface area contributed by atoms with Crippen LogP contribution in [0, 0.1) is 48.3 Å². The summed E-state index contributed by atoms with van der Waals surface area (Å²) >= 11 is 0. The lowest BCUT2D eigenvalue weighted by Crippen LogP contribution is -2.47. The summed E-state index contributed by atoms with van der Waals surface area (Å²) in [5.74, 6) is 1.85. The number of amides is 1. The fraction of sp³-hybridized carbons (Fsp3) is 0.640. The largest absolute Gasteiger partial charge is 0.456 e. The van der Waals surface area contributed by atoms with E-state index in [4.69, 9.17) is 10.00 Å². The smallest absolute Gasteiger partial charge is 0.306 e. The van der Waals surface area contributed by atoms with Gasteiger partial charge < -0.3 is 9.64 Å². The molecule has 4 saturated carbocycles. The number of esters is 1. The van der Waals surface area contributed by atoms with Gasteiger partial charge in [0.15, 0.2) is 6.61 Å². The van der Waals surface area contributed by atoms with E-state index in [-0.39, 0.29) is 30.3 Å². The minimum Gasteiger partial charge on any atom is -0.456 e. The summed E-state index contributed by atoms with van der Waals surface area (Å²) in [6.07, 6.45) is 8.17. The van der Waals surface area contributed by atoms with Gasteiger partial charge in [0, 0.05) is 12.2 Å². The summed E-state index contributed by atoms with van der Waals surface area (Å²) in [6.45, 7) is 4.00. The molecule has 4 fully saturated rings. The number of ether oxygens (including phenoxy) is 1. The third-order valence-corrected chi connectivity index (χ3v) is 7.31. The molecule has 1 aromatic rings. The zero-order valence-corrected chi connectivity index (χ0v) is 18.2. The van der Waals surface area contributed by atoms with Crippen LogP contribution in [0.5, 0.6) is 0 Å². The Balaban J connectivity index is 1.37. The molecule has 4 bridgehead atoms. The van der Waals surface area contributed by atoms with Gasteiger partial charge in [0.2, 0.25) is 0 Å². The number of nitriles is 1. The van der Waals surface area contributed by atoms with Crippen LogP contribution in [0.25, 0.3) is 0 Å². The van der Waals surface area contributed by atoms with Crippen molar-refractivity contribution < 1.29 is 14.3 Å². The second-order valence-corrected chi connectivity index (χ2v) is 10.1. The summed E-state index contributed by atoms with van der Waals surface area (Å²) in [4.78, 5) is 27.1. The Kier molecular flexibility index (Phi) is 5.86. The Morgan fingerprint density at radius 3 is 2.17 bits per heavy atom. The highest BCUT2D eigenvalue weighted by molar-refractivity contribution is 5.95. The molecule has 0 spiro atoms. The lowest BCUT2D eigenvalue weighted by molar-refractivity contribution is -0.155. The highest BCUT2D eigenvalue weighted by Gasteiger charge is 2.51. The molecule has 5 heteroatoms. The average Bonchev–Trinajstić information content (AvgIpc) is 2.64. The van der Waals surface area contributed by atoms with Gasteiger partial charge in [0.1, 0.15) is 0 Å². The fourth-order valence-electron chi connectivity index (χ4n) is 6.75. The maximum Gasteiger partial charge on any atom is 0.306 e. The second-order valence-electron chi connectivity index (χ2n) is 10.1. The Hall–Kier alpha value is -2.35. The van der Waals surface area contributed by atoms with Gasteiger partial charge in [-0.05, 0) is 98.8 Å². The second kappa shape index (κ2) is 8.41. The molecule has 1 amide bonds. The Bertz CT molecular complexity index is 814. The number of rotatable bonds is 7. The van der Waals surface area contributed by atoms with Gasteiger partial charge in [-0.15, -0.1) is 0 Å². The molecule has 0 aliphatic heterocycles. The number of hydrogen-bond donors (Lipinski definition) is 0. The lowest BCUT2D eigenvalue weighted by Gasteiger charge is -2.56. The molecule has 5 nitrogen and oxygen atoms in total. The van der Waals surface area contributed by atoms with Crippen LogP contribution < -0.4 is 4.90 Å². The Morgan fingerprint density at radius 2 is 1.63 bits per heavy atom. The van der Waals surface area contributed by atoms with Crippen LogP contribution in [0.3, 0.4) is 0 Å². The van der Waals surface area contributed by atoms with Crippen LogP contribution >= 0.6 is 0 Å². The van der Waals surface area contributed by atoms with Crippen LogP contribution in [0.4, 0.5) is 5.69 Å². The van der Waals surface area contributed by atoms with Gasteiger partial charge in [0.25, 0.3) is 5.91 Å². The molecular formula is C25H32N2O3. The summed E-state index contributed by atoms with van der Waals surface area (Å²) in [5.41, 5.74) is 2.98. The van der Waals surface area contributed by atoms with E-state index in [2.05, 4.69) is 6.07 Å². The van der Waals surface area contributed by atoms with Crippen molar-refractivity contribution in [3.63, 3.8) is 0 Å². The van der Waals surface area contributed by atoms with E-state index >= 15 is 0 Å². The van der Waals surface area contributed by atoms with E-state index in [1.807, 2.05) is 32.0 Å². The number of nitrogens with zero attached hydrogens (tertiary/aromatic N) is 2. The average molecular weight is 409 g/mol. The van der Waals surface area contributed by atoms with E-state index in [9.17, 15) is 9.59 Å². The normalized spacial score (nSPS) is 28.8. The summed E-state index contributed by atoms with van der Waals surface area (Å²) in [6, 6.07) is 8.00. The van der Waals surface area contributed by atoms with Gasteiger partial charge in [-0.25, -0.2) is 0 Å². The minimum atomic E-state index is -0.269. The molecule has 0 heterocycles. The molecule has 0 unspecified atom stereocenters. The molecule has 5 rings (SSSR count).